The summed E-state index contributed by atoms with van der Waals surface area (Å²) < 4.78 is 0. The normalized spacial score (nSPS) is 13.1. The van der Waals surface area contributed by atoms with E-state index in [1.54, 1.807) is 4.90 Å². The fourth-order valence-electron chi connectivity index (χ4n) is 4.70. The number of benzene rings is 2. The standard InChI is InChI=1S/C23H25N.C10H11NO.C3H8.C2H6.CH4/c1-8-21(16(2)3)23(7,17(4)5)20-11-9-19(10-12-20)22-15-18(6)13-14-24-22;1-7-3-4-8-6-11(2)10(12)9(8)5-7;1-3-2;1-2;/h1,9-15,21H,2,4H2,3,5-7H3;3-5H,6H2,1-2H3;3H2,1-2H3;1-2H3;1H4/t21?,23-;;;;/m1..../s1. The number of amides is 1. The number of rotatable bonds is 5. The van der Waals surface area contributed by atoms with Gasteiger partial charge in [0.1, 0.15) is 0 Å². The zero-order valence-electron chi connectivity index (χ0n) is 27.1. The lowest BCUT2D eigenvalue weighted by Crippen LogP contribution is -2.33. The van der Waals surface area contributed by atoms with Gasteiger partial charge >= 0.3 is 0 Å². The summed E-state index contributed by atoms with van der Waals surface area (Å²) in [7, 11) is 1.83. The molecule has 2 atom stereocenters. The van der Waals surface area contributed by atoms with E-state index < -0.39 is 0 Å². The van der Waals surface area contributed by atoms with Crippen LogP contribution in [0.25, 0.3) is 11.3 Å². The average Bonchev–Trinajstić information content (AvgIpc) is 3.23. The Morgan fingerprint density at radius 2 is 1.57 bits per heavy atom. The monoisotopic (exact) mass is 566 g/mol. The van der Waals surface area contributed by atoms with Crippen molar-refractivity contribution in [2.75, 3.05) is 7.05 Å². The quantitative estimate of drug-likeness (QED) is 0.227. The van der Waals surface area contributed by atoms with Gasteiger partial charge in [-0.15, -0.1) is 6.42 Å². The molecule has 2 heterocycles. The van der Waals surface area contributed by atoms with E-state index in [-0.39, 0.29) is 24.7 Å². The molecule has 2 aromatic carbocycles. The molecule has 1 unspecified atom stereocenters. The maximum Gasteiger partial charge on any atom is 0.254 e. The number of aryl methyl sites for hydroxylation is 2. The minimum atomic E-state index is -0.334. The first kappa shape index (κ1) is 38.1. The second-order valence-electron chi connectivity index (χ2n) is 10.8. The van der Waals surface area contributed by atoms with Crippen molar-refractivity contribution in [3.05, 3.63) is 113 Å². The third-order valence-electron chi connectivity index (χ3n) is 7.07. The highest BCUT2D eigenvalue weighted by atomic mass is 16.2. The molecule has 0 spiro atoms. The Kier molecular flexibility index (Phi) is 16.2. The summed E-state index contributed by atoms with van der Waals surface area (Å²) in [4.78, 5) is 17.7. The number of carbonyl (C=O) groups is 1. The molecule has 1 amide bonds. The zero-order valence-corrected chi connectivity index (χ0v) is 27.1. The van der Waals surface area contributed by atoms with Crippen LogP contribution in [0.3, 0.4) is 0 Å². The average molecular weight is 567 g/mol. The molecule has 3 nitrogen and oxygen atoms in total. The summed E-state index contributed by atoms with van der Waals surface area (Å²) in [6, 6.07) is 18.6. The predicted octanol–water partition coefficient (Wildman–Crippen LogP) is 10.4. The van der Waals surface area contributed by atoms with Crippen LogP contribution in [0, 0.1) is 32.1 Å². The molecule has 3 aromatic rings. The molecule has 226 valence electrons. The topological polar surface area (TPSA) is 33.2 Å². The van der Waals surface area contributed by atoms with Gasteiger partial charge in [0, 0.05) is 36.3 Å². The van der Waals surface area contributed by atoms with Crippen LogP contribution in [-0.2, 0) is 12.0 Å². The Balaban J connectivity index is 0.000000778. The summed E-state index contributed by atoms with van der Waals surface area (Å²) in [5.41, 5.74) is 9.28. The van der Waals surface area contributed by atoms with Crippen LogP contribution in [0.15, 0.2) is 85.1 Å². The Bertz CT molecular complexity index is 1360. The Morgan fingerprint density at radius 3 is 2.05 bits per heavy atom. The van der Waals surface area contributed by atoms with E-state index >= 15 is 0 Å². The third-order valence-corrected chi connectivity index (χ3v) is 7.07. The fraction of sp³-hybridized carbons (Fsp3) is 0.385. The van der Waals surface area contributed by atoms with E-state index in [0.29, 0.717) is 0 Å². The van der Waals surface area contributed by atoms with Gasteiger partial charge in [-0.25, -0.2) is 0 Å². The third kappa shape index (κ3) is 9.31. The van der Waals surface area contributed by atoms with Crippen molar-refractivity contribution in [1.82, 2.24) is 9.88 Å². The van der Waals surface area contributed by atoms with Gasteiger partial charge in [0.05, 0.1) is 11.6 Å². The van der Waals surface area contributed by atoms with Crippen LogP contribution in [0.5, 0.6) is 0 Å². The van der Waals surface area contributed by atoms with Gasteiger partial charge in [-0.1, -0.05) is 121 Å². The number of allylic oxidation sites excluding steroid dienone is 2. The number of terminal acetylenes is 1. The lowest BCUT2D eigenvalue weighted by Gasteiger charge is -2.37. The van der Waals surface area contributed by atoms with Crippen molar-refractivity contribution in [3.63, 3.8) is 0 Å². The largest absolute Gasteiger partial charge is 0.337 e. The number of carbonyl (C=O) groups excluding carboxylic acids is 1. The van der Waals surface area contributed by atoms with E-state index in [1.165, 1.54) is 12.0 Å². The number of pyridine rings is 1. The number of hydrogen-bond acceptors (Lipinski definition) is 2. The second kappa shape index (κ2) is 17.8. The highest BCUT2D eigenvalue weighted by Gasteiger charge is 2.36. The highest BCUT2D eigenvalue weighted by Crippen LogP contribution is 2.41. The Hall–Kier alpha value is -3.90. The van der Waals surface area contributed by atoms with E-state index in [0.717, 1.165) is 51.2 Å². The number of aromatic nitrogens is 1. The summed E-state index contributed by atoms with van der Waals surface area (Å²) in [6.45, 7) is 27.5. The SMILES string of the molecule is C.C#CC(C(=C)C)[C@](C)(C(=C)C)c1ccc(-c2cc(C)ccn2)cc1.CC.CCC.Cc1ccc2c(c1)C(=O)N(C)C2. The Labute approximate surface area is 257 Å². The van der Waals surface area contributed by atoms with Gasteiger partial charge in [0.15, 0.2) is 0 Å². The van der Waals surface area contributed by atoms with Crippen molar-refractivity contribution in [1.29, 1.82) is 0 Å². The predicted molar refractivity (Wildman–Crippen MR) is 185 cm³/mol. The maximum atomic E-state index is 11.5. The molecule has 1 aliphatic heterocycles. The number of hydrogen-bond donors (Lipinski definition) is 0. The van der Waals surface area contributed by atoms with Gasteiger partial charge in [-0.2, -0.15) is 0 Å². The molecule has 1 aliphatic rings. The molecule has 3 heteroatoms. The van der Waals surface area contributed by atoms with Crippen LogP contribution in [-0.4, -0.2) is 22.8 Å². The second-order valence-corrected chi connectivity index (χ2v) is 10.8. The smallest absolute Gasteiger partial charge is 0.254 e. The molecular formula is C39H54N2O. The molecule has 0 N–H and O–H groups in total. The summed E-state index contributed by atoms with van der Waals surface area (Å²) >= 11 is 0. The molecule has 0 radical (unpaired) electrons. The first-order chi connectivity index (χ1) is 19.4. The van der Waals surface area contributed by atoms with E-state index in [2.05, 4.69) is 82.1 Å². The first-order valence-corrected chi connectivity index (χ1v) is 14.6. The van der Waals surface area contributed by atoms with Gasteiger partial charge in [0.25, 0.3) is 5.91 Å². The Morgan fingerprint density at radius 1 is 1.02 bits per heavy atom. The van der Waals surface area contributed by atoms with Crippen molar-refractivity contribution < 1.29 is 4.79 Å². The first-order valence-electron chi connectivity index (χ1n) is 14.6. The zero-order chi connectivity index (χ0) is 31.3. The van der Waals surface area contributed by atoms with Crippen molar-refractivity contribution in [2.24, 2.45) is 5.92 Å². The van der Waals surface area contributed by atoms with Gasteiger partial charge in [0.2, 0.25) is 0 Å². The summed E-state index contributed by atoms with van der Waals surface area (Å²) in [6.07, 6.45) is 8.90. The lowest BCUT2D eigenvalue weighted by molar-refractivity contribution is 0.0816. The maximum absolute atomic E-state index is 11.5. The van der Waals surface area contributed by atoms with Gasteiger partial charge < -0.3 is 4.90 Å². The van der Waals surface area contributed by atoms with Crippen LogP contribution >= 0.6 is 0 Å². The lowest BCUT2D eigenvalue weighted by atomic mass is 9.65. The molecule has 0 saturated carbocycles. The van der Waals surface area contributed by atoms with Gasteiger partial charge in [-0.05, 0) is 62.6 Å². The van der Waals surface area contributed by atoms with E-state index in [1.807, 2.05) is 72.1 Å². The number of nitrogens with zero attached hydrogens (tertiary/aromatic N) is 2. The van der Waals surface area contributed by atoms with Crippen molar-refractivity contribution in [2.45, 2.75) is 88.1 Å². The minimum absolute atomic E-state index is 0. The molecule has 0 bridgehead atoms. The van der Waals surface area contributed by atoms with Crippen LogP contribution in [0.4, 0.5) is 0 Å². The van der Waals surface area contributed by atoms with Crippen LogP contribution in [0.2, 0.25) is 0 Å². The van der Waals surface area contributed by atoms with Crippen molar-refractivity contribution in [3.8, 4) is 23.6 Å². The van der Waals surface area contributed by atoms with E-state index in [9.17, 15) is 4.79 Å². The van der Waals surface area contributed by atoms with Crippen molar-refractivity contribution >= 4 is 5.91 Å². The van der Waals surface area contributed by atoms with E-state index in [4.69, 9.17) is 6.42 Å². The summed E-state index contributed by atoms with van der Waals surface area (Å²) in [5.74, 6) is 2.96. The number of fused-ring (bicyclic) bond motifs is 1. The molecular weight excluding hydrogens is 512 g/mol. The molecule has 0 fully saturated rings. The van der Waals surface area contributed by atoms with Gasteiger partial charge in [-0.3, -0.25) is 9.78 Å². The summed E-state index contributed by atoms with van der Waals surface area (Å²) in [5, 5.41) is 0. The fourth-order valence-corrected chi connectivity index (χ4v) is 4.70. The molecule has 0 saturated heterocycles. The van der Waals surface area contributed by atoms with Crippen LogP contribution in [0.1, 0.15) is 94.9 Å². The molecule has 0 aliphatic carbocycles. The minimum Gasteiger partial charge on any atom is -0.337 e. The highest BCUT2D eigenvalue weighted by molar-refractivity contribution is 5.98. The molecule has 42 heavy (non-hydrogen) atoms. The molecule has 1 aromatic heterocycles. The van der Waals surface area contributed by atoms with Crippen LogP contribution < -0.4 is 0 Å². The molecule has 4 rings (SSSR count).